The van der Waals surface area contributed by atoms with Gasteiger partial charge in [-0.1, -0.05) is 35.9 Å². The molecule has 0 aromatic heterocycles. The van der Waals surface area contributed by atoms with E-state index in [1.165, 1.54) is 5.56 Å². The Morgan fingerprint density at radius 1 is 1.24 bits per heavy atom. The Labute approximate surface area is 186 Å². The Morgan fingerprint density at radius 2 is 2.03 bits per heavy atom. The van der Waals surface area contributed by atoms with Crippen LogP contribution >= 0.6 is 24.0 Å². The van der Waals surface area contributed by atoms with Crippen molar-refractivity contribution in [1.29, 1.82) is 0 Å². The van der Waals surface area contributed by atoms with Crippen molar-refractivity contribution < 1.29 is 18.3 Å². The van der Waals surface area contributed by atoms with Crippen LogP contribution in [-0.2, 0) is 6.54 Å². The van der Waals surface area contributed by atoms with Gasteiger partial charge in [0.15, 0.2) is 5.96 Å². The minimum atomic E-state index is -2.85. The highest BCUT2D eigenvalue weighted by molar-refractivity contribution is 14.0. The standard InChI is InChI=1S/C21H25F2N3O2.HI/c1-14-7-8-18(28-20(22)23)16(11-14)13-26-21(24-2)25-12-15-9-10-27-19-6-4-3-5-17(15)19;/h3-8,11,15,20H,9-10,12-13H2,1-2H3,(H2,24,25,26);1H. The lowest BCUT2D eigenvalue weighted by molar-refractivity contribution is -0.0504. The highest BCUT2D eigenvalue weighted by atomic mass is 127. The molecule has 1 unspecified atom stereocenters. The Hall–Kier alpha value is -2.10. The largest absolute Gasteiger partial charge is 0.493 e. The number of fused-ring (bicyclic) bond motifs is 1. The molecule has 1 aliphatic rings. The second-order valence-corrected chi connectivity index (χ2v) is 6.67. The van der Waals surface area contributed by atoms with Crippen molar-refractivity contribution in [3.63, 3.8) is 0 Å². The number of nitrogens with one attached hydrogen (secondary N) is 2. The molecule has 0 spiro atoms. The monoisotopic (exact) mass is 517 g/mol. The lowest BCUT2D eigenvalue weighted by Crippen LogP contribution is -2.39. The molecular formula is C21H26F2IN3O2. The second kappa shape index (κ2) is 11.2. The van der Waals surface area contributed by atoms with Crippen molar-refractivity contribution in [2.45, 2.75) is 32.4 Å². The van der Waals surface area contributed by atoms with Gasteiger partial charge in [-0.05, 0) is 31.0 Å². The van der Waals surface area contributed by atoms with Crippen LogP contribution in [0, 0.1) is 6.92 Å². The topological polar surface area (TPSA) is 54.9 Å². The summed E-state index contributed by atoms with van der Waals surface area (Å²) in [6.07, 6.45) is 0.922. The van der Waals surface area contributed by atoms with E-state index < -0.39 is 6.61 Å². The van der Waals surface area contributed by atoms with E-state index in [9.17, 15) is 8.78 Å². The fourth-order valence-electron chi connectivity index (χ4n) is 3.30. The zero-order valence-electron chi connectivity index (χ0n) is 16.5. The van der Waals surface area contributed by atoms with Gasteiger partial charge in [-0.3, -0.25) is 4.99 Å². The quantitative estimate of drug-likeness (QED) is 0.338. The number of hydrogen-bond donors (Lipinski definition) is 2. The van der Waals surface area contributed by atoms with Gasteiger partial charge in [0.25, 0.3) is 0 Å². The predicted molar refractivity (Wildman–Crippen MR) is 121 cm³/mol. The van der Waals surface area contributed by atoms with Crippen molar-refractivity contribution >= 4 is 29.9 Å². The van der Waals surface area contributed by atoms with Gasteiger partial charge in [-0.15, -0.1) is 24.0 Å². The van der Waals surface area contributed by atoms with Crippen LogP contribution in [0.25, 0.3) is 0 Å². The highest BCUT2D eigenvalue weighted by Gasteiger charge is 2.21. The van der Waals surface area contributed by atoms with E-state index in [1.807, 2.05) is 31.2 Å². The van der Waals surface area contributed by atoms with Crippen LogP contribution in [0.4, 0.5) is 8.78 Å². The first-order chi connectivity index (χ1) is 13.6. The first-order valence-electron chi connectivity index (χ1n) is 9.27. The van der Waals surface area contributed by atoms with Gasteiger partial charge in [0.1, 0.15) is 11.5 Å². The van der Waals surface area contributed by atoms with E-state index in [1.54, 1.807) is 19.2 Å². The van der Waals surface area contributed by atoms with E-state index >= 15 is 0 Å². The van der Waals surface area contributed by atoms with E-state index in [4.69, 9.17) is 4.74 Å². The van der Waals surface area contributed by atoms with E-state index in [0.717, 1.165) is 17.7 Å². The maximum atomic E-state index is 12.6. The van der Waals surface area contributed by atoms with Crippen molar-refractivity contribution in [1.82, 2.24) is 10.6 Å². The first-order valence-corrected chi connectivity index (χ1v) is 9.27. The van der Waals surface area contributed by atoms with Crippen molar-refractivity contribution in [2.75, 3.05) is 20.2 Å². The van der Waals surface area contributed by atoms with Gasteiger partial charge >= 0.3 is 6.61 Å². The normalized spacial score (nSPS) is 15.8. The second-order valence-electron chi connectivity index (χ2n) is 6.67. The summed E-state index contributed by atoms with van der Waals surface area (Å²) in [5, 5.41) is 6.49. The molecule has 0 saturated heterocycles. The Balaban J connectivity index is 0.00000300. The Kier molecular flexibility index (Phi) is 8.94. The number of alkyl halides is 2. The lowest BCUT2D eigenvalue weighted by atomic mass is 9.93. The number of aryl methyl sites for hydroxylation is 1. The van der Waals surface area contributed by atoms with Crippen LogP contribution in [0.1, 0.15) is 29.0 Å². The molecule has 1 heterocycles. The third kappa shape index (κ3) is 6.45. The van der Waals surface area contributed by atoms with Crippen LogP contribution in [0.2, 0.25) is 0 Å². The summed E-state index contributed by atoms with van der Waals surface area (Å²) in [6, 6.07) is 13.2. The highest BCUT2D eigenvalue weighted by Crippen LogP contribution is 2.32. The number of rotatable bonds is 6. The van der Waals surface area contributed by atoms with Gasteiger partial charge < -0.3 is 20.1 Å². The summed E-state index contributed by atoms with van der Waals surface area (Å²) in [4.78, 5) is 4.23. The van der Waals surface area contributed by atoms with Gasteiger partial charge in [0, 0.05) is 31.6 Å². The van der Waals surface area contributed by atoms with Crippen LogP contribution in [-0.4, -0.2) is 32.8 Å². The maximum Gasteiger partial charge on any atom is 0.387 e. The average molecular weight is 517 g/mol. The fraction of sp³-hybridized carbons (Fsp3) is 0.381. The zero-order valence-corrected chi connectivity index (χ0v) is 18.8. The number of aliphatic imine (C=N–C) groups is 1. The van der Waals surface area contributed by atoms with Gasteiger partial charge in [-0.2, -0.15) is 8.78 Å². The lowest BCUT2D eigenvalue weighted by Gasteiger charge is -2.26. The molecule has 2 aromatic rings. The van der Waals surface area contributed by atoms with Crippen molar-refractivity contribution in [3.05, 3.63) is 59.2 Å². The van der Waals surface area contributed by atoms with Crippen LogP contribution < -0.4 is 20.1 Å². The molecule has 3 rings (SSSR count). The molecule has 0 saturated carbocycles. The summed E-state index contributed by atoms with van der Waals surface area (Å²) in [5.74, 6) is 2.02. The van der Waals surface area contributed by atoms with Crippen molar-refractivity contribution in [3.8, 4) is 11.5 Å². The summed E-state index contributed by atoms with van der Waals surface area (Å²) < 4.78 is 35.6. The summed E-state index contributed by atoms with van der Waals surface area (Å²) in [5.41, 5.74) is 2.81. The molecular weight excluding hydrogens is 491 g/mol. The third-order valence-corrected chi connectivity index (χ3v) is 4.70. The summed E-state index contributed by atoms with van der Waals surface area (Å²) in [6.45, 7) is 0.771. The number of hydrogen-bond acceptors (Lipinski definition) is 3. The van der Waals surface area contributed by atoms with Crippen LogP contribution in [0.3, 0.4) is 0 Å². The molecule has 0 amide bonds. The van der Waals surface area contributed by atoms with E-state index in [0.29, 0.717) is 37.1 Å². The van der Waals surface area contributed by atoms with Gasteiger partial charge in [0.05, 0.1) is 6.61 Å². The molecule has 2 N–H and O–H groups in total. The molecule has 29 heavy (non-hydrogen) atoms. The molecule has 0 radical (unpaired) electrons. The number of benzene rings is 2. The number of guanidine groups is 1. The minimum absolute atomic E-state index is 0. The third-order valence-electron chi connectivity index (χ3n) is 4.70. The molecule has 2 aromatic carbocycles. The fourth-order valence-corrected chi connectivity index (χ4v) is 3.30. The number of ether oxygens (including phenoxy) is 2. The van der Waals surface area contributed by atoms with E-state index in [2.05, 4.69) is 26.4 Å². The first kappa shape index (κ1) is 23.2. The molecule has 8 heteroatoms. The van der Waals surface area contributed by atoms with Gasteiger partial charge in [0.2, 0.25) is 0 Å². The Morgan fingerprint density at radius 3 is 2.79 bits per heavy atom. The summed E-state index contributed by atoms with van der Waals surface area (Å²) in [7, 11) is 1.68. The number of para-hydroxylation sites is 1. The number of halogens is 3. The van der Waals surface area contributed by atoms with Crippen LogP contribution in [0.5, 0.6) is 11.5 Å². The SMILES string of the molecule is CN=C(NCc1cc(C)ccc1OC(F)F)NCC1CCOc2ccccc21.I. The average Bonchev–Trinajstić information content (AvgIpc) is 2.69. The molecule has 5 nitrogen and oxygen atoms in total. The molecule has 1 aliphatic heterocycles. The number of nitrogens with zero attached hydrogens (tertiary/aromatic N) is 1. The summed E-state index contributed by atoms with van der Waals surface area (Å²) >= 11 is 0. The molecule has 1 atom stereocenters. The molecule has 158 valence electrons. The smallest absolute Gasteiger partial charge is 0.387 e. The minimum Gasteiger partial charge on any atom is -0.493 e. The van der Waals surface area contributed by atoms with Crippen molar-refractivity contribution in [2.24, 2.45) is 4.99 Å². The van der Waals surface area contributed by atoms with Crippen LogP contribution in [0.15, 0.2) is 47.5 Å². The Bertz CT molecular complexity index is 833. The molecule has 0 fully saturated rings. The maximum absolute atomic E-state index is 12.6. The zero-order chi connectivity index (χ0) is 19.9. The molecule has 0 aliphatic carbocycles. The molecule has 0 bridgehead atoms. The van der Waals surface area contributed by atoms with E-state index in [-0.39, 0.29) is 29.7 Å². The predicted octanol–water partition coefficient (Wildman–Crippen LogP) is 4.45. The van der Waals surface area contributed by atoms with Gasteiger partial charge in [-0.25, -0.2) is 0 Å².